The van der Waals surface area contributed by atoms with Crippen LogP contribution in [-0.2, 0) is 11.2 Å². The summed E-state index contributed by atoms with van der Waals surface area (Å²) in [6.07, 6.45) is 1.04. The van der Waals surface area contributed by atoms with Crippen LogP contribution in [0, 0.1) is 5.92 Å². The minimum absolute atomic E-state index is 0.562. The molecule has 0 radical (unpaired) electrons. The second-order valence-corrected chi connectivity index (χ2v) is 4.59. The van der Waals surface area contributed by atoms with E-state index < -0.39 is 0 Å². The van der Waals surface area contributed by atoms with Crippen molar-refractivity contribution in [3.63, 3.8) is 0 Å². The fourth-order valence-electron chi connectivity index (χ4n) is 0.965. The molecule has 0 saturated heterocycles. The quantitative estimate of drug-likeness (QED) is 0.568. The van der Waals surface area contributed by atoms with Gasteiger partial charge < -0.3 is 4.74 Å². The third-order valence-corrected chi connectivity index (χ3v) is 3.35. The third-order valence-electron chi connectivity index (χ3n) is 1.79. The van der Waals surface area contributed by atoms with Gasteiger partial charge in [-0.05, 0) is 23.1 Å². The molecule has 0 aromatic carbocycles. The number of hydrogen-bond donors (Lipinski definition) is 1. The second kappa shape index (κ2) is 6.46. The summed E-state index contributed by atoms with van der Waals surface area (Å²) in [5.74, 6) is 1.46. The fraction of sp³-hybridized carbons (Fsp3) is 0.600. The van der Waals surface area contributed by atoms with Crippen molar-refractivity contribution >= 4 is 24.0 Å². The molecule has 0 N–H and O–H groups in total. The summed E-state index contributed by atoms with van der Waals surface area (Å²) in [5.41, 5.74) is 0. The first kappa shape index (κ1) is 11.1. The summed E-state index contributed by atoms with van der Waals surface area (Å²) < 4.78 is 5.52. The summed E-state index contributed by atoms with van der Waals surface area (Å²) in [5, 5.41) is 2.10. The van der Waals surface area contributed by atoms with Crippen molar-refractivity contribution in [2.24, 2.45) is 5.92 Å². The van der Waals surface area contributed by atoms with Crippen LogP contribution in [0.1, 0.15) is 11.8 Å². The van der Waals surface area contributed by atoms with E-state index in [2.05, 4.69) is 37.1 Å². The van der Waals surface area contributed by atoms with E-state index in [0.29, 0.717) is 5.92 Å². The van der Waals surface area contributed by atoms with Crippen LogP contribution in [0.15, 0.2) is 17.5 Å². The lowest BCUT2D eigenvalue weighted by Gasteiger charge is -2.07. The predicted octanol–water partition coefficient (Wildman–Crippen LogP) is 2.87. The number of thiophene rings is 1. The highest BCUT2D eigenvalue weighted by molar-refractivity contribution is 7.80. The average Bonchev–Trinajstić information content (AvgIpc) is 2.64. The Balaban J connectivity index is 2.02. The Morgan fingerprint density at radius 3 is 3.08 bits per heavy atom. The van der Waals surface area contributed by atoms with Gasteiger partial charge >= 0.3 is 0 Å². The molecule has 0 fully saturated rings. The number of hydrogen-bond acceptors (Lipinski definition) is 3. The van der Waals surface area contributed by atoms with Crippen LogP contribution in [-0.4, -0.2) is 19.0 Å². The van der Waals surface area contributed by atoms with Gasteiger partial charge in [-0.1, -0.05) is 13.0 Å². The zero-order valence-corrected chi connectivity index (χ0v) is 9.61. The SMILES string of the molecule is CC(CS)COCCc1cccs1. The molecule has 1 atom stereocenters. The van der Waals surface area contributed by atoms with Gasteiger partial charge in [-0.3, -0.25) is 0 Å². The normalized spacial score (nSPS) is 13.1. The Kier molecular flexibility index (Phi) is 5.51. The number of rotatable bonds is 6. The maximum atomic E-state index is 5.52. The van der Waals surface area contributed by atoms with Crippen molar-refractivity contribution in [1.82, 2.24) is 0 Å². The van der Waals surface area contributed by atoms with Crippen LogP contribution in [0.5, 0.6) is 0 Å². The number of ether oxygens (including phenoxy) is 1. The summed E-state index contributed by atoms with van der Waals surface area (Å²) in [6.45, 7) is 3.81. The molecular weight excluding hydrogens is 200 g/mol. The van der Waals surface area contributed by atoms with Crippen LogP contribution >= 0.6 is 24.0 Å². The summed E-state index contributed by atoms with van der Waals surface area (Å²) in [6, 6.07) is 4.23. The molecule has 1 nitrogen and oxygen atoms in total. The summed E-state index contributed by atoms with van der Waals surface area (Å²) >= 11 is 5.99. The van der Waals surface area contributed by atoms with Gasteiger partial charge in [-0.15, -0.1) is 11.3 Å². The van der Waals surface area contributed by atoms with Crippen molar-refractivity contribution in [1.29, 1.82) is 0 Å². The molecule has 0 aliphatic carbocycles. The first-order chi connectivity index (χ1) is 6.33. The monoisotopic (exact) mass is 216 g/mol. The van der Waals surface area contributed by atoms with E-state index in [4.69, 9.17) is 4.74 Å². The first-order valence-electron chi connectivity index (χ1n) is 4.54. The van der Waals surface area contributed by atoms with E-state index in [1.807, 2.05) is 0 Å². The molecule has 0 amide bonds. The van der Waals surface area contributed by atoms with Gasteiger partial charge in [0.05, 0.1) is 6.61 Å². The van der Waals surface area contributed by atoms with E-state index in [1.165, 1.54) is 4.88 Å². The molecule has 1 aromatic rings. The highest BCUT2D eigenvalue weighted by Gasteiger charge is 1.99. The van der Waals surface area contributed by atoms with Crippen molar-refractivity contribution in [3.05, 3.63) is 22.4 Å². The lowest BCUT2D eigenvalue weighted by molar-refractivity contribution is 0.114. The van der Waals surface area contributed by atoms with E-state index in [9.17, 15) is 0 Å². The molecule has 0 aliphatic heterocycles. The van der Waals surface area contributed by atoms with Gasteiger partial charge in [0.15, 0.2) is 0 Å². The molecule has 1 rings (SSSR count). The standard InChI is InChI=1S/C10H16OS2/c1-9(8-12)7-11-5-4-10-3-2-6-13-10/h2-3,6,9,12H,4-5,7-8H2,1H3. The lowest BCUT2D eigenvalue weighted by atomic mass is 10.2. The first-order valence-corrected chi connectivity index (χ1v) is 6.05. The van der Waals surface area contributed by atoms with E-state index in [0.717, 1.165) is 25.4 Å². The van der Waals surface area contributed by atoms with E-state index in [-0.39, 0.29) is 0 Å². The van der Waals surface area contributed by atoms with Crippen LogP contribution < -0.4 is 0 Å². The molecule has 13 heavy (non-hydrogen) atoms. The van der Waals surface area contributed by atoms with E-state index in [1.54, 1.807) is 11.3 Å². The zero-order chi connectivity index (χ0) is 9.52. The summed E-state index contributed by atoms with van der Waals surface area (Å²) in [4.78, 5) is 1.40. The van der Waals surface area contributed by atoms with Gasteiger partial charge in [0.2, 0.25) is 0 Å². The van der Waals surface area contributed by atoms with Crippen molar-refractivity contribution in [3.8, 4) is 0 Å². The molecule has 1 unspecified atom stereocenters. The highest BCUT2D eigenvalue weighted by Crippen LogP contribution is 2.09. The molecular formula is C10H16OS2. The molecule has 0 spiro atoms. The van der Waals surface area contributed by atoms with E-state index >= 15 is 0 Å². The lowest BCUT2D eigenvalue weighted by Crippen LogP contribution is -2.08. The minimum atomic E-state index is 0.562. The largest absolute Gasteiger partial charge is 0.381 e. The van der Waals surface area contributed by atoms with Gasteiger partial charge in [-0.25, -0.2) is 0 Å². The Bertz CT molecular complexity index is 209. The Morgan fingerprint density at radius 2 is 2.46 bits per heavy atom. The van der Waals surface area contributed by atoms with Crippen molar-refractivity contribution in [2.45, 2.75) is 13.3 Å². The van der Waals surface area contributed by atoms with Gasteiger partial charge in [0.25, 0.3) is 0 Å². The Morgan fingerprint density at radius 1 is 1.62 bits per heavy atom. The molecule has 0 bridgehead atoms. The van der Waals surface area contributed by atoms with Crippen LogP contribution in [0.25, 0.3) is 0 Å². The van der Waals surface area contributed by atoms with Crippen molar-refractivity contribution in [2.75, 3.05) is 19.0 Å². The second-order valence-electron chi connectivity index (χ2n) is 3.19. The van der Waals surface area contributed by atoms with Crippen LogP contribution in [0.2, 0.25) is 0 Å². The molecule has 1 heterocycles. The van der Waals surface area contributed by atoms with Gasteiger partial charge in [0, 0.05) is 17.9 Å². The molecule has 0 aliphatic rings. The predicted molar refractivity (Wildman–Crippen MR) is 61.9 cm³/mol. The number of thiol groups is 1. The highest BCUT2D eigenvalue weighted by atomic mass is 32.1. The summed E-state index contributed by atoms with van der Waals surface area (Å²) in [7, 11) is 0. The molecule has 3 heteroatoms. The molecule has 1 aromatic heterocycles. The maximum absolute atomic E-state index is 5.52. The molecule has 74 valence electrons. The zero-order valence-electron chi connectivity index (χ0n) is 7.90. The smallest absolute Gasteiger partial charge is 0.0514 e. The molecule has 0 saturated carbocycles. The minimum Gasteiger partial charge on any atom is -0.381 e. The van der Waals surface area contributed by atoms with Gasteiger partial charge in [0.1, 0.15) is 0 Å². The van der Waals surface area contributed by atoms with Crippen LogP contribution in [0.3, 0.4) is 0 Å². The average molecular weight is 216 g/mol. The Labute approximate surface area is 89.5 Å². The van der Waals surface area contributed by atoms with Crippen molar-refractivity contribution < 1.29 is 4.74 Å². The fourth-order valence-corrected chi connectivity index (χ4v) is 1.76. The Hall–Kier alpha value is 0.01000. The third kappa shape index (κ3) is 4.69. The van der Waals surface area contributed by atoms with Crippen LogP contribution in [0.4, 0.5) is 0 Å². The topological polar surface area (TPSA) is 9.23 Å². The maximum Gasteiger partial charge on any atom is 0.0514 e. The van der Waals surface area contributed by atoms with Gasteiger partial charge in [-0.2, -0.15) is 12.6 Å².